The van der Waals surface area contributed by atoms with Gasteiger partial charge in [-0.15, -0.1) is 0 Å². The standard InChI is InChI=1S/C20H20N2/c21-13-15-5-9-17(10-6-15)19-3-1-2-4-20(19)18-11-7-16(14-22)8-12-18/h1-12H,13-14,21-22H2. The topological polar surface area (TPSA) is 52.0 Å². The Labute approximate surface area is 131 Å². The molecule has 3 aromatic carbocycles. The Morgan fingerprint density at radius 3 is 1.18 bits per heavy atom. The first-order valence-corrected chi connectivity index (χ1v) is 7.49. The van der Waals surface area contributed by atoms with Crippen LogP contribution in [0.4, 0.5) is 0 Å². The molecule has 22 heavy (non-hydrogen) atoms. The lowest BCUT2D eigenvalue weighted by atomic mass is 9.93. The fourth-order valence-electron chi connectivity index (χ4n) is 2.63. The number of hydrogen-bond donors (Lipinski definition) is 2. The normalized spacial score (nSPS) is 10.6. The molecule has 0 saturated carbocycles. The predicted molar refractivity (Wildman–Crippen MR) is 93.1 cm³/mol. The molecule has 0 radical (unpaired) electrons. The van der Waals surface area contributed by atoms with Crippen molar-refractivity contribution < 1.29 is 0 Å². The lowest BCUT2D eigenvalue weighted by molar-refractivity contribution is 1.07. The average molecular weight is 288 g/mol. The molecular weight excluding hydrogens is 268 g/mol. The smallest absolute Gasteiger partial charge is 0.0178 e. The minimum atomic E-state index is 0.572. The molecule has 2 heteroatoms. The van der Waals surface area contributed by atoms with Crippen LogP contribution in [0.25, 0.3) is 22.3 Å². The Bertz CT molecular complexity index is 677. The molecule has 0 aromatic heterocycles. The Morgan fingerprint density at radius 1 is 0.500 bits per heavy atom. The third-order valence-corrected chi connectivity index (χ3v) is 3.93. The van der Waals surface area contributed by atoms with E-state index >= 15 is 0 Å². The van der Waals surface area contributed by atoms with E-state index in [0.717, 1.165) is 11.1 Å². The second kappa shape index (κ2) is 6.56. The zero-order chi connectivity index (χ0) is 15.4. The van der Waals surface area contributed by atoms with Crippen LogP contribution < -0.4 is 11.5 Å². The van der Waals surface area contributed by atoms with E-state index < -0.39 is 0 Å². The predicted octanol–water partition coefficient (Wildman–Crippen LogP) is 3.94. The van der Waals surface area contributed by atoms with Crippen LogP contribution in [0.1, 0.15) is 11.1 Å². The lowest BCUT2D eigenvalue weighted by Gasteiger charge is -2.11. The van der Waals surface area contributed by atoms with Gasteiger partial charge in [0.15, 0.2) is 0 Å². The quantitative estimate of drug-likeness (QED) is 0.764. The van der Waals surface area contributed by atoms with Crippen LogP contribution in [-0.4, -0.2) is 0 Å². The highest BCUT2D eigenvalue weighted by molar-refractivity contribution is 5.83. The summed E-state index contributed by atoms with van der Waals surface area (Å²) in [4.78, 5) is 0. The van der Waals surface area contributed by atoms with Gasteiger partial charge in [-0.2, -0.15) is 0 Å². The minimum Gasteiger partial charge on any atom is -0.326 e. The summed E-state index contributed by atoms with van der Waals surface area (Å²) in [6.45, 7) is 1.14. The lowest BCUT2D eigenvalue weighted by Crippen LogP contribution is -1.96. The molecule has 0 aliphatic carbocycles. The fourth-order valence-corrected chi connectivity index (χ4v) is 2.63. The molecule has 4 N–H and O–H groups in total. The maximum atomic E-state index is 5.68. The molecule has 0 spiro atoms. The number of nitrogens with two attached hydrogens (primary N) is 2. The summed E-state index contributed by atoms with van der Waals surface area (Å²) in [5.41, 5.74) is 18.5. The zero-order valence-corrected chi connectivity index (χ0v) is 12.5. The zero-order valence-electron chi connectivity index (χ0n) is 12.5. The summed E-state index contributed by atoms with van der Waals surface area (Å²) < 4.78 is 0. The highest BCUT2D eigenvalue weighted by atomic mass is 14.5. The van der Waals surface area contributed by atoms with Gasteiger partial charge >= 0.3 is 0 Å². The average Bonchev–Trinajstić information content (AvgIpc) is 2.62. The highest BCUT2D eigenvalue weighted by Crippen LogP contribution is 2.32. The summed E-state index contributed by atoms with van der Waals surface area (Å²) in [6, 6.07) is 25.3. The van der Waals surface area contributed by atoms with Gasteiger partial charge in [0.25, 0.3) is 0 Å². The van der Waals surface area contributed by atoms with E-state index in [4.69, 9.17) is 11.5 Å². The number of benzene rings is 3. The van der Waals surface area contributed by atoms with E-state index in [2.05, 4.69) is 72.8 Å². The molecule has 0 heterocycles. The van der Waals surface area contributed by atoms with Gasteiger partial charge in [-0.05, 0) is 33.4 Å². The van der Waals surface area contributed by atoms with Crippen molar-refractivity contribution in [3.8, 4) is 22.3 Å². The molecule has 0 fully saturated rings. The van der Waals surface area contributed by atoms with Crippen molar-refractivity contribution >= 4 is 0 Å². The van der Waals surface area contributed by atoms with Crippen molar-refractivity contribution in [2.75, 3.05) is 0 Å². The van der Waals surface area contributed by atoms with Crippen LogP contribution in [0.5, 0.6) is 0 Å². The first kappa shape index (κ1) is 14.5. The third-order valence-electron chi connectivity index (χ3n) is 3.93. The largest absolute Gasteiger partial charge is 0.326 e. The van der Waals surface area contributed by atoms with E-state index in [0.29, 0.717) is 13.1 Å². The molecule has 0 amide bonds. The van der Waals surface area contributed by atoms with Crippen molar-refractivity contribution in [2.24, 2.45) is 11.5 Å². The van der Waals surface area contributed by atoms with Crippen molar-refractivity contribution in [1.29, 1.82) is 0 Å². The van der Waals surface area contributed by atoms with Gasteiger partial charge in [0.2, 0.25) is 0 Å². The summed E-state index contributed by atoms with van der Waals surface area (Å²) in [6.07, 6.45) is 0. The van der Waals surface area contributed by atoms with Gasteiger partial charge in [-0.1, -0.05) is 72.8 Å². The summed E-state index contributed by atoms with van der Waals surface area (Å²) in [5, 5.41) is 0. The van der Waals surface area contributed by atoms with E-state index in [1.165, 1.54) is 22.3 Å². The van der Waals surface area contributed by atoms with Crippen molar-refractivity contribution in [3.63, 3.8) is 0 Å². The molecule has 0 atom stereocenters. The molecule has 0 aliphatic heterocycles. The summed E-state index contributed by atoms with van der Waals surface area (Å²) in [7, 11) is 0. The first-order chi connectivity index (χ1) is 10.8. The Kier molecular flexibility index (Phi) is 4.33. The molecular formula is C20H20N2. The molecule has 110 valence electrons. The molecule has 0 bridgehead atoms. The van der Waals surface area contributed by atoms with Gasteiger partial charge in [-0.3, -0.25) is 0 Å². The van der Waals surface area contributed by atoms with Gasteiger partial charge in [0.1, 0.15) is 0 Å². The third kappa shape index (κ3) is 2.93. The molecule has 3 rings (SSSR count). The maximum absolute atomic E-state index is 5.68. The van der Waals surface area contributed by atoms with Crippen LogP contribution in [0.15, 0.2) is 72.8 Å². The minimum absolute atomic E-state index is 0.572. The van der Waals surface area contributed by atoms with Crippen molar-refractivity contribution in [3.05, 3.63) is 83.9 Å². The van der Waals surface area contributed by atoms with Crippen LogP contribution in [0.2, 0.25) is 0 Å². The first-order valence-electron chi connectivity index (χ1n) is 7.49. The van der Waals surface area contributed by atoms with E-state index in [-0.39, 0.29) is 0 Å². The van der Waals surface area contributed by atoms with Crippen LogP contribution in [-0.2, 0) is 13.1 Å². The van der Waals surface area contributed by atoms with Crippen LogP contribution >= 0.6 is 0 Å². The summed E-state index contributed by atoms with van der Waals surface area (Å²) >= 11 is 0. The van der Waals surface area contributed by atoms with Crippen molar-refractivity contribution in [2.45, 2.75) is 13.1 Å². The molecule has 2 nitrogen and oxygen atoms in total. The van der Waals surface area contributed by atoms with Gasteiger partial charge in [-0.25, -0.2) is 0 Å². The summed E-state index contributed by atoms with van der Waals surface area (Å²) in [5.74, 6) is 0. The monoisotopic (exact) mass is 288 g/mol. The van der Waals surface area contributed by atoms with Crippen LogP contribution in [0.3, 0.4) is 0 Å². The number of rotatable bonds is 4. The van der Waals surface area contributed by atoms with Gasteiger partial charge in [0.05, 0.1) is 0 Å². The Balaban J connectivity index is 2.04. The van der Waals surface area contributed by atoms with Gasteiger partial charge < -0.3 is 11.5 Å². The number of hydrogen-bond acceptors (Lipinski definition) is 2. The second-order valence-electron chi connectivity index (χ2n) is 5.35. The maximum Gasteiger partial charge on any atom is 0.0178 e. The Morgan fingerprint density at radius 2 is 0.864 bits per heavy atom. The van der Waals surface area contributed by atoms with E-state index in [1.807, 2.05) is 0 Å². The molecule has 0 saturated heterocycles. The van der Waals surface area contributed by atoms with Gasteiger partial charge in [0, 0.05) is 13.1 Å². The van der Waals surface area contributed by atoms with E-state index in [9.17, 15) is 0 Å². The van der Waals surface area contributed by atoms with Crippen molar-refractivity contribution in [1.82, 2.24) is 0 Å². The molecule has 0 unspecified atom stereocenters. The fraction of sp³-hybridized carbons (Fsp3) is 0.100. The SMILES string of the molecule is NCc1ccc(-c2ccccc2-c2ccc(CN)cc2)cc1. The Hall–Kier alpha value is -2.42. The van der Waals surface area contributed by atoms with Crippen LogP contribution in [0, 0.1) is 0 Å². The highest BCUT2D eigenvalue weighted by Gasteiger charge is 2.06. The second-order valence-corrected chi connectivity index (χ2v) is 5.35. The molecule has 0 aliphatic rings. The molecule has 3 aromatic rings. The van der Waals surface area contributed by atoms with E-state index in [1.54, 1.807) is 0 Å².